The molecule has 0 atom stereocenters. The zero-order valence-corrected chi connectivity index (χ0v) is 28.8. The standard InChI is InChI=1S/C34H54N2O9S/c1-5-6-7-8-9-10-11-12-13-14-20-42-21-16-19-35-33(38)28-24-30(43-22-23-45-46(4,40)41)31-27(32(28)37)17-15-18-29(31)36-34(39)44-25-26(2)3/h15,17-18,24,26,37H,5-14,16,19-23,25H2,1-4H3,(H,35,38)(H,36,39). The number of amides is 2. The van der Waals surface area contributed by atoms with Crippen molar-refractivity contribution in [2.75, 3.05) is 51.2 Å². The average Bonchev–Trinajstić information content (AvgIpc) is 3.00. The minimum absolute atomic E-state index is 0.0302. The van der Waals surface area contributed by atoms with E-state index < -0.39 is 22.1 Å². The van der Waals surface area contributed by atoms with Gasteiger partial charge in [-0.2, -0.15) is 8.42 Å². The summed E-state index contributed by atoms with van der Waals surface area (Å²) in [6, 6.07) is 6.17. The molecule has 0 bridgehead atoms. The molecule has 0 saturated heterocycles. The van der Waals surface area contributed by atoms with Crippen LogP contribution in [0.2, 0.25) is 0 Å². The van der Waals surface area contributed by atoms with Crippen LogP contribution in [0.25, 0.3) is 10.8 Å². The van der Waals surface area contributed by atoms with E-state index in [0.29, 0.717) is 31.6 Å². The van der Waals surface area contributed by atoms with Crippen LogP contribution in [0.5, 0.6) is 11.5 Å². The number of nitrogens with one attached hydrogen (secondary N) is 2. The van der Waals surface area contributed by atoms with Crippen LogP contribution < -0.4 is 15.4 Å². The highest BCUT2D eigenvalue weighted by Gasteiger charge is 2.21. The molecule has 0 aromatic heterocycles. The molecule has 2 aromatic rings. The van der Waals surface area contributed by atoms with Gasteiger partial charge in [-0.1, -0.05) is 90.7 Å². The Hall–Kier alpha value is -3.09. The molecule has 2 amide bonds. The van der Waals surface area contributed by atoms with E-state index in [9.17, 15) is 23.1 Å². The zero-order chi connectivity index (χ0) is 33.8. The molecular weight excluding hydrogens is 612 g/mol. The molecule has 2 aromatic carbocycles. The normalized spacial score (nSPS) is 11.6. The van der Waals surface area contributed by atoms with E-state index in [2.05, 4.69) is 17.6 Å². The van der Waals surface area contributed by atoms with Gasteiger partial charge in [0.1, 0.15) is 24.7 Å². The Kier molecular flexibility index (Phi) is 18.4. The topological polar surface area (TPSA) is 149 Å². The molecule has 0 spiro atoms. The summed E-state index contributed by atoms with van der Waals surface area (Å²) < 4.78 is 44.3. The van der Waals surface area contributed by atoms with E-state index >= 15 is 0 Å². The van der Waals surface area contributed by atoms with Gasteiger partial charge in [-0.25, -0.2) is 4.79 Å². The van der Waals surface area contributed by atoms with Gasteiger partial charge in [0.2, 0.25) is 0 Å². The predicted octanol–water partition coefficient (Wildman–Crippen LogP) is 7.16. The van der Waals surface area contributed by atoms with Crippen molar-refractivity contribution in [1.82, 2.24) is 5.32 Å². The van der Waals surface area contributed by atoms with Gasteiger partial charge >= 0.3 is 6.09 Å². The average molecular weight is 667 g/mol. The van der Waals surface area contributed by atoms with Crippen molar-refractivity contribution in [3.8, 4) is 11.5 Å². The highest BCUT2D eigenvalue weighted by molar-refractivity contribution is 7.85. The van der Waals surface area contributed by atoms with Crippen LogP contribution in [0.3, 0.4) is 0 Å². The van der Waals surface area contributed by atoms with Gasteiger partial charge in [0.25, 0.3) is 16.0 Å². The van der Waals surface area contributed by atoms with Crippen molar-refractivity contribution < 1.29 is 41.5 Å². The van der Waals surface area contributed by atoms with Crippen LogP contribution in [0.15, 0.2) is 24.3 Å². The largest absolute Gasteiger partial charge is 0.506 e. The molecule has 2 rings (SSSR count). The lowest BCUT2D eigenvalue weighted by molar-refractivity contribution is 0.0937. The number of carbonyl (C=O) groups excluding carboxylic acids is 2. The van der Waals surface area contributed by atoms with Crippen molar-refractivity contribution >= 4 is 38.6 Å². The number of benzene rings is 2. The fraction of sp³-hybridized carbons (Fsp3) is 0.647. The molecule has 0 radical (unpaired) electrons. The molecule has 12 heteroatoms. The van der Waals surface area contributed by atoms with Crippen LogP contribution in [-0.2, 0) is 23.8 Å². The highest BCUT2D eigenvalue weighted by Crippen LogP contribution is 2.40. The summed E-state index contributed by atoms with van der Waals surface area (Å²) >= 11 is 0. The van der Waals surface area contributed by atoms with Gasteiger partial charge in [-0.05, 0) is 30.9 Å². The fourth-order valence-electron chi connectivity index (χ4n) is 4.81. The van der Waals surface area contributed by atoms with Crippen molar-refractivity contribution in [3.05, 3.63) is 29.8 Å². The van der Waals surface area contributed by atoms with E-state index in [4.69, 9.17) is 18.4 Å². The smallest absolute Gasteiger partial charge is 0.411 e. The van der Waals surface area contributed by atoms with Gasteiger partial charge in [0.05, 0.1) is 29.5 Å². The third-order valence-electron chi connectivity index (χ3n) is 7.16. The maximum absolute atomic E-state index is 13.1. The molecular formula is C34H54N2O9S. The number of rotatable bonds is 24. The number of aromatic hydroxyl groups is 1. The number of ether oxygens (including phenoxy) is 3. The van der Waals surface area contributed by atoms with E-state index in [1.807, 2.05) is 13.8 Å². The Bertz CT molecular complexity index is 1320. The molecule has 0 fully saturated rings. The molecule has 3 N–H and O–H groups in total. The summed E-state index contributed by atoms with van der Waals surface area (Å²) in [5, 5.41) is 17.1. The van der Waals surface area contributed by atoms with Crippen molar-refractivity contribution in [2.24, 2.45) is 5.92 Å². The number of anilines is 1. The summed E-state index contributed by atoms with van der Waals surface area (Å²) in [5.74, 6) is -0.521. The third kappa shape index (κ3) is 15.5. The first-order valence-corrected chi connectivity index (χ1v) is 18.4. The van der Waals surface area contributed by atoms with Gasteiger partial charge in [0, 0.05) is 25.1 Å². The number of phenolic OH excluding ortho intramolecular Hbond substituents is 1. The second-order valence-corrected chi connectivity index (χ2v) is 13.5. The van der Waals surface area contributed by atoms with E-state index in [-0.39, 0.29) is 53.9 Å². The number of carbonyl (C=O) groups is 2. The monoisotopic (exact) mass is 666 g/mol. The Morgan fingerprint density at radius 2 is 1.54 bits per heavy atom. The minimum Gasteiger partial charge on any atom is -0.506 e. The number of phenols is 1. The van der Waals surface area contributed by atoms with Crippen LogP contribution in [0.1, 0.15) is 102 Å². The number of hydrogen-bond donors (Lipinski definition) is 3. The van der Waals surface area contributed by atoms with Crippen LogP contribution in [0.4, 0.5) is 10.5 Å². The first kappa shape index (κ1) is 39.1. The SMILES string of the molecule is CCCCCCCCCCCCOCCCNC(=O)c1cc(OCCOS(C)(=O)=O)c2c(NC(=O)OCC(C)C)cccc2c1O. The van der Waals surface area contributed by atoms with E-state index in [1.54, 1.807) is 18.2 Å². The molecule has 0 heterocycles. The number of unbranched alkanes of at least 4 members (excludes halogenated alkanes) is 9. The van der Waals surface area contributed by atoms with Crippen molar-refractivity contribution in [1.29, 1.82) is 0 Å². The van der Waals surface area contributed by atoms with Crippen LogP contribution in [-0.4, -0.2) is 71.4 Å². The second-order valence-electron chi connectivity index (χ2n) is 11.9. The maximum Gasteiger partial charge on any atom is 0.411 e. The quantitative estimate of drug-likeness (QED) is 0.0783. The summed E-state index contributed by atoms with van der Waals surface area (Å²) in [6.07, 6.45) is 13.5. The molecule has 46 heavy (non-hydrogen) atoms. The van der Waals surface area contributed by atoms with Gasteiger partial charge in [0.15, 0.2) is 0 Å². The Morgan fingerprint density at radius 3 is 2.20 bits per heavy atom. The lowest BCUT2D eigenvalue weighted by Crippen LogP contribution is -2.25. The molecule has 0 aliphatic carbocycles. The molecule has 11 nitrogen and oxygen atoms in total. The Balaban J connectivity index is 1.94. The molecule has 0 unspecified atom stereocenters. The fourth-order valence-corrected chi connectivity index (χ4v) is 5.18. The molecule has 0 aliphatic rings. The zero-order valence-electron chi connectivity index (χ0n) is 28.0. The minimum atomic E-state index is -3.68. The van der Waals surface area contributed by atoms with Gasteiger partial charge in [-0.3, -0.25) is 14.3 Å². The Labute approximate surface area is 274 Å². The van der Waals surface area contributed by atoms with E-state index in [0.717, 1.165) is 19.1 Å². The van der Waals surface area contributed by atoms with Crippen molar-refractivity contribution in [2.45, 2.75) is 91.4 Å². The van der Waals surface area contributed by atoms with Crippen LogP contribution >= 0.6 is 0 Å². The second kappa shape index (κ2) is 21.7. The summed E-state index contributed by atoms with van der Waals surface area (Å²) in [5.41, 5.74) is 0.254. The Morgan fingerprint density at radius 1 is 0.891 bits per heavy atom. The van der Waals surface area contributed by atoms with E-state index in [1.165, 1.54) is 57.4 Å². The summed E-state index contributed by atoms with van der Waals surface area (Å²) in [4.78, 5) is 25.5. The lowest BCUT2D eigenvalue weighted by atomic mass is 10.0. The number of hydrogen-bond acceptors (Lipinski definition) is 9. The first-order chi connectivity index (χ1) is 22.0. The van der Waals surface area contributed by atoms with Crippen molar-refractivity contribution in [3.63, 3.8) is 0 Å². The molecule has 0 saturated carbocycles. The van der Waals surface area contributed by atoms with Gasteiger partial charge in [-0.15, -0.1) is 0 Å². The highest BCUT2D eigenvalue weighted by atomic mass is 32.2. The predicted molar refractivity (Wildman–Crippen MR) is 181 cm³/mol. The maximum atomic E-state index is 13.1. The first-order valence-electron chi connectivity index (χ1n) is 16.6. The summed E-state index contributed by atoms with van der Waals surface area (Å²) in [7, 11) is -3.68. The molecule has 260 valence electrons. The third-order valence-corrected chi connectivity index (χ3v) is 7.75. The molecule has 0 aliphatic heterocycles. The summed E-state index contributed by atoms with van der Waals surface area (Å²) in [6.45, 7) is 7.38. The van der Waals surface area contributed by atoms with Crippen LogP contribution in [0, 0.1) is 5.92 Å². The van der Waals surface area contributed by atoms with Gasteiger partial charge < -0.3 is 24.6 Å². The lowest BCUT2D eigenvalue weighted by Gasteiger charge is -2.17. The number of fused-ring (bicyclic) bond motifs is 1.